The predicted molar refractivity (Wildman–Crippen MR) is 80.4 cm³/mol. The predicted octanol–water partition coefficient (Wildman–Crippen LogP) is 3.83. The highest BCUT2D eigenvalue weighted by molar-refractivity contribution is 5.52. The minimum atomic E-state index is -1.02. The minimum absolute atomic E-state index is 0.00758. The largest absolute Gasteiger partial charge is 0.388 e. The van der Waals surface area contributed by atoms with E-state index in [-0.39, 0.29) is 5.56 Å². The van der Waals surface area contributed by atoms with Gasteiger partial charge in [-0.05, 0) is 31.0 Å². The zero-order valence-corrected chi connectivity index (χ0v) is 12.2. The quantitative estimate of drug-likeness (QED) is 0.905. The van der Waals surface area contributed by atoms with Crippen molar-refractivity contribution >= 4 is 5.69 Å². The van der Waals surface area contributed by atoms with E-state index in [1.807, 2.05) is 43.1 Å². The molecule has 112 valence electrons. The summed E-state index contributed by atoms with van der Waals surface area (Å²) < 4.78 is 26.8. The molecular formula is C17H19F2NO. The van der Waals surface area contributed by atoms with Gasteiger partial charge >= 0.3 is 0 Å². The molecule has 0 saturated carbocycles. The van der Waals surface area contributed by atoms with Crippen LogP contribution in [0.25, 0.3) is 0 Å². The Morgan fingerprint density at radius 3 is 2.52 bits per heavy atom. The number of hydrogen-bond donors (Lipinski definition) is 1. The first kappa shape index (κ1) is 15.4. The summed E-state index contributed by atoms with van der Waals surface area (Å²) in [5, 5.41) is 10.1. The summed E-state index contributed by atoms with van der Waals surface area (Å²) in [6, 6.07) is 11.8. The van der Waals surface area contributed by atoms with Crippen LogP contribution in [0.2, 0.25) is 0 Å². The lowest BCUT2D eigenvalue weighted by molar-refractivity contribution is 0.164. The number of aliphatic hydroxyl groups is 1. The number of nitrogens with zero attached hydrogens (tertiary/aromatic N) is 1. The smallest absolute Gasteiger partial charge is 0.164 e. The number of para-hydroxylation sites is 1. The number of rotatable bonds is 5. The fourth-order valence-electron chi connectivity index (χ4n) is 2.36. The van der Waals surface area contributed by atoms with E-state index in [1.165, 1.54) is 12.1 Å². The van der Waals surface area contributed by atoms with E-state index in [9.17, 15) is 13.9 Å². The Kier molecular flexibility index (Phi) is 4.91. The summed E-state index contributed by atoms with van der Waals surface area (Å²) in [5.74, 6) is -1.90. The van der Waals surface area contributed by atoms with Crippen LogP contribution in [-0.4, -0.2) is 18.7 Å². The third-order valence-corrected chi connectivity index (χ3v) is 3.61. The molecule has 0 radical (unpaired) electrons. The van der Waals surface area contributed by atoms with Gasteiger partial charge in [0.25, 0.3) is 0 Å². The van der Waals surface area contributed by atoms with Crippen molar-refractivity contribution < 1.29 is 13.9 Å². The Bertz CT molecular complexity index is 615. The minimum Gasteiger partial charge on any atom is -0.388 e. The first-order valence-corrected chi connectivity index (χ1v) is 6.89. The molecule has 1 N–H and O–H groups in total. The van der Waals surface area contributed by atoms with Crippen molar-refractivity contribution in [3.05, 3.63) is 65.2 Å². The second-order valence-electron chi connectivity index (χ2n) is 5.16. The second-order valence-corrected chi connectivity index (χ2v) is 5.16. The number of anilines is 1. The van der Waals surface area contributed by atoms with Crippen LogP contribution in [0.3, 0.4) is 0 Å². The lowest BCUT2D eigenvalue weighted by atomic mass is 10.1. The van der Waals surface area contributed by atoms with Gasteiger partial charge in [-0.2, -0.15) is 0 Å². The zero-order chi connectivity index (χ0) is 15.4. The average molecular weight is 291 g/mol. The molecule has 0 amide bonds. The number of benzene rings is 2. The molecule has 1 unspecified atom stereocenters. The Morgan fingerprint density at radius 2 is 1.81 bits per heavy atom. The van der Waals surface area contributed by atoms with Gasteiger partial charge in [0.05, 0.1) is 6.10 Å². The van der Waals surface area contributed by atoms with Gasteiger partial charge in [-0.3, -0.25) is 0 Å². The number of halogens is 2. The maximum Gasteiger partial charge on any atom is 0.164 e. The van der Waals surface area contributed by atoms with Crippen molar-refractivity contribution in [1.82, 2.24) is 0 Å². The van der Waals surface area contributed by atoms with Gasteiger partial charge in [0.1, 0.15) is 0 Å². The van der Waals surface area contributed by atoms with Gasteiger partial charge in [0.15, 0.2) is 11.6 Å². The van der Waals surface area contributed by atoms with Crippen LogP contribution in [0.15, 0.2) is 42.5 Å². The normalized spacial score (nSPS) is 12.2. The summed E-state index contributed by atoms with van der Waals surface area (Å²) in [6.45, 7) is 2.55. The van der Waals surface area contributed by atoms with Crippen molar-refractivity contribution in [2.24, 2.45) is 0 Å². The highest BCUT2D eigenvalue weighted by Crippen LogP contribution is 2.24. The molecule has 0 aliphatic carbocycles. The Morgan fingerprint density at radius 1 is 1.10 bits per heavy atom. The lowest BCUT2D eigenvalue weighted by Crippen LogP contribution is -2.21. The molecule has 0 aliphatic heterocycles. The molecule has 4 heteroatoms. The van der Waals surface area contributed by atoms with Crippen molar-refractivity contribution in [1.29, 1.82) is 0 Å². The zero-order valence-electron chi connectivity index (χ0n) is 12.2. The van der Waals surface area contributed by atoms with Gasteiger partial charge in [-0.15, -0.1) is 0 Å². The molecule has 0 aromatic heterocycles. The molecule has 21 heavy (non-hydrogen) atoms. The molecule has 2 aromatic carbocycles. The first-order chi connectivity index (χ1) is 10.0. The molecule has 0 heterocycles. The Balaban J connectivity index is 2.03. The van der Waals surface area contributed by atoms with Crippen LogP contribution in [0.5, 0.6) is 0 Å². The SMILES string of the molecule is Cc1ccccc1N(C)CCC(O)c1cccc(F)c1F. The molecule has 0 spiro atoms. The number of aliphatic hydroxyl groups excluding tert-OH is 1. The molecule has 0 fully saturated rings. The molecule has 2 rings (SSSR count). The van der Waals surface area contributed by atoms with Crippen molar-refractivity contribution in [2.75, 3.05) is 18.5 Å². The van der Waals surface area contributed by atoms with E-state index in [0.29, 0.717) is 13.0 Å². The van der Waals surface area contributed by atoms with Crippen LogP contribution in [-0.2, 0) is 0 Å². The van der Waals surface area contributed by atoms with Crippen LogP contribution in [0.1, 0.15) is 23.7 Å². The standard InChI is InChI=1S/C17H19F2NO/c1-12-6-3-4-9-15(12)20(2)11-10-16(21)13-7-5-8-14(18)17(13)19/h3-9,16,21H,10-11H2,1-2H3. The molecule has 2 nitrogen and oxygen atoms in total. The number of hydrogen-bond acceptors (Lipinski definition) is 2. The van der Waals surface area contributed by atoms with E-state index < -0.39 is 17.7 Å². The van der Waals surface area contributed by atoms with Crippen molar-refractivity contribution in [3.8, 4) is 0 Å². The third-order valence-electron chi connectivity index (χ3n) is 3.61. The molecule has 2 aromatic rings. The van der Waals surface area contributed by atoms with E-state index in [2.05, 4.69) is 0 Å². The lowest BCUT2D eigenvalue weighted by Gasteiger charge is -2.23. The fraction of sp³-hybridized carbons (Fsp3) is 0.294. The summed E-state index contributed by atoms with van der Waals surface area (Å²) in [6.07, 6.45) is -0.697. The van der Waals surface area contributed by atoms with Crippen molar-refractivity contribution in [3.63, 3.8) is 0 Å². The third kappa shape index (κ3) is 3.58. The molecular weight excluding hydrogens is 272 g/mol. The molecule has 0 aliphatic rings. The van der Waals surface area contributed by atoms with E-state index in [0.717, 1.165) is 17.3 Å². The van der Waals surface area contributed by atoms with E-state index in [1.54, 1.807) is 0 Å². The topological polar surface area (TPSA) is 23.5 Å². The van der Waals surface area contributed by atoms with Crippen LogP contribution in [0.4, 0.5) is 14.5 Å². The second kappa shape index (κ2) is 6.68. The summed E-state index contributed by atoms with van der Waals surface area (Å²) in [7, 11) is 1.91. The monoisotopic (exact) mass is 291 g/mol. The summed E-state index contributed by atoms with van der Waals surface area (Å²) in [4.78, 5) is 2.00. The van der Waals surface area contributed by atoms with Crippen molar-refractivity contribution in [2.45, 2.75) is 19.4 Å². The Hall–Kier alpha value is -1.94. The highest BCUT2D eigenvalue weighted by Gasteiger charge is 2.16. The van der Waals surface area contributed by atoms with Crippen LogP contribution < -0.4 is 4.90 Å². The van der Waals surface area contributed by atoms with Gasteiger partial charge < -0.3 is 10.0 Å². The Labute approximate surface area is 123 Å². The van der Waals surface area contributed by atoms with Crippen LogP contribution >= 0.6 is 0 Å². The summed E-state index contributed by atoms with van der Waals surface area (Å²) in [5.41, 5.74) is 2.20. The van der Waals surface area contributed by atoms with E-state index >= 15 is 0 Å². The van der Waals surface area contributed by atoms with Gasteiger partial charge in [0, 0.05) is 24.8 Å². The summed E-state index contributed by atoms with van der Waals surface area (Å²) >= 11 is 0. The van der Waals surface area contributed by atoms with Crippen LogP contribution in [0, 0.1) is 18.6 Å². The molecule has 0 bridgehead atoms. The van der Waals surface area contributed by atoms with Gasteiger partial charge in [-0.25, -0.2) is 8.78 Å². The van der Waals surface area contributed by atoms with Gasteiger partial charge in [-0.1, -0.05) is 30.3 Å². The van der Waals surface area contributed by atoms with Gasteiger partial charge in [0.2, 0.25) is 0 Å². The first-order valence-electron chi connectivity index (χ1n) is 6.89. The maximum atomic E-state index is 13.6. The average Bonchev–Trinajstić information content (AvgIpc) is 2.47. The number of aryl methyl sites for hydroxylation is 1. The molecule has 1 atom stereocenters. The molecule has 0 saturated heterocycles. The van der Waals surface area contributed by atoms with E-state index in [4.69, 9.17) is 0 Å². The highest BCUT2D eigenvalue weighted by atomic mass is 19.2. The maximum absolute atomic E-state index is 13.6. The fourth-order valence-corrected chi connectivity index (χ4v) is 2.36.